The maximum Gasteiger partial charge on any atom is 0.253 e. The first-order valence-electron chi connectivity index (χ1n) is 9.88. The maximum atomic E-state index is 13.3. The third-order valence-electron chi connectivity index (χ3n) is 6.55. The SMILES string of the molecule is COc1c2n(c3cc(Cl)c(O)cc13)C1C(=O)N(C)C(=O)C1c1c-2[nH]c2ccc(C)cc12. The number of phenols is 1. The minimum atomic E-state index is -0.758. The molecule has 2 aromatic carbocycles. The molecule has 2 aliphatic heterocycles. The number of ether oxygens (including phenoxy) is 1. The number of H-pyrrole nitrogens is 1. The molecule has 4 aromatic rings. The standard InChI is InChI=1S/C23H18ClN3O4/c1-9-4-5-13-10(6-9)16-17-19(23(30)26(2)22(17)29)27-14-8-12(24)15(28)7-11(14)21(31-3)20(27)18(16)25-13/h4-8,17,19,25,28H,1-3H3. The van der Waals surface area contributed by atoms with E-state index in [0.717, 1.165) is 27.7 Å². The second-order valence-corrected chi connectivity index (χ2v) is 8.60. The number of carbonyl (C=O) groups is 2. The summed E-state index contributed by atoms with van der Waals surface area (Å²) in [4.78, 5) is 31.2. The lowest BCUT2D eigenvalue weighted by Crippen LogP contribution is -2.27. The number of hydrogen-bond acceptors (Lipinski definition) is 4. The smallest absolute Gasteiger partial charge is 0.253 e. The number of fused-ring (bicyclic) bond motifs is 10. The summed E-state index contributed by atoms with van der Waals surface area (Å²) < 4.78 is 7.60. The largest absolute Gasteiger partial charge is 0.506 e. The highest BCUT2D eigenvalue weighted by molar-refractivity contribution is 6.33. The Morgan fingerprint density at radius 3 is 2.65 bits per heavy atom. The molecule has 0 radical (unpaired) electrons. The van der Waals surface area contributed by atoms with Crippen LogP contribution < -0.4 is 4.74 Å². The van der Waals surface area contributed by atoms with Crippen molar-refractivity contribution in [2.75, 3.05) is 14.2 Å². The van der Waals surface area contributed by atoms with Crippen LogP contribution in [0.25, 0.3) is 33.2 Å². The number of imide groups is 1. The van der Waals surface area contributed by atoms with Gasteiger partial charge in [0.05, 0.1) is 29.3 Å². The van der Waals surface area contributed by atoms with Crippen molar-refractivity contribution < 1.29 is 19.4 Å². The number of aromatic hydroxyl groups is 1. The van der Waals surface area contributed by atoms with Gasteiger partial charge in [-0.15, -0.1) is 0 Å². The van der Waals surface area contributed by atoms with Gasteiger partial charge in [-0.25, -0.2) is 0 Å². The van der Waals surface area contributed by atoms with Crippen LogP contribution in [0.3, 0.4) is 0 Å². The van der Waals surface area contributed by atoms with Gasteiger partial charge in [-0.05, 0) is 31.2 Å². The summed E-state index contributed by atoms with van der Waals surface area (Å²) in [5, 5.41) is 11.9. The highest BCUT2D eigenvalue weighted by Gasteiger charge is 2.54. The molecule has 8 heteroatoms. The molecule has 1 saturated heterocycles. The van der Waals surface area contributed by atoms with Crippen molar-refractivity contribution in [3.63, 3.8) is 0 Å². The number of amides is 2. The van der Waals surface area contributed by atoms with Gasteiger partial charge in [-0.2, -0.15) is 0 Å². The van der Waals surface area contributed by atoms with E-state index in [4.69, 9.17) is 16.3 Å². The molecule has 2 unspecified atom stereocenters. The van der Waals surface area contributed by atoms with E-state index in [1.807, 2.05) is 29.7 Å². The van der Waals surface area contributed by atoms with Crippen molar-refractivity contribution >= 4 is 45.2 Å². The van der Waals surface area contributed by atoms with Crippen LogP contribution in [0.15, 0.2) is 30.3 Å². The van der Waals surface area contributed by atoms with Crippen LogP contribution in [0.1, 0.15) is 23.1 Å². The Morgan fingerprint density at radius 1 is 1.13 bits per heavy atom. The van der Waals surface area contributed by atoms with Gasteiger partial charge in [0.25, 0.3) is 5.91 Å². The first kappa shape index (κ1) is 18.3. The number of hydrogen-bond donors (Lipinski definition) is 2. The van der Waals surface area contributed by atoms with E-state index < -0.39 is 12.0 Å². The van der Waals surface area contributed by atoms with Crippen molar-refractivity contribution in [1.29, 1.82) is 0 Å². The summed E-state index contributed by atoms with van der Waals surface area (Å²) >= 11 is 6.23. The van der Waals surface area contributed by atoms with Crippen molar-refractivity contribution in [3.05, 3.63) is 46.5 Å². The van der Waals surface area contributed by atoms with Crippen LogP contribution in [0.2, 0.25) is 5.02 Å². The Balaban J connectivity index is 1.84. The first-order valence-corrected chi connectivity index (χ1v) is 10.3. The lowest BCUT2D eigenvalue weighted by atomic mass is 9.86. The van der Waals surface area contributed by atoms with Gasteiger partial charge in [0.1, 0.15) is 17.5 Å². The number of benzene rings is 2. The van der Waals surface area contributed by atoms with Crippen LogP contribution in [0.5, 0.6) is 11.5 Å². The van der Waals surface area contributed by atoms with Gasteiger partial charge in [0.2, 0.25) is 5.91 Å². The lowest BCUT2D eigenvalue weighted by Gasteiger charge is -2.27. The van der Waals surface area contributed by atoms with E-state index in [9.17, 15) is 14.7 Å². The van der Waals surface area contributed by atoms with E-state index in [2.05, 4.69) is 4.98 Å². The number of rotatable bonds is 1. The molecule has 6 rings (SSSR count). The molecule has 1 fully saturated rings. The van der Waals surface area contributed by atoms with Crippen molar-refractivity contribution in [2.45, 2.75) is 18.9 Å². The normalized spacial score (nSPS) is 19.8. The van der Waals surface area contributed by atoms with Gasteiger partial charge in [0, 0.05) is 28.9 Å². The number of nitrogens with zero attached hydrogens (tertiary/aromatic N) is 2. The van der Waals surface area contributed by atoms with Crippen LogP contribution in [-0.2, 0) is 9.59 Å². The van der Waals surface area contributed by atoms with Crippen LogP contribution in [0, 0.1) is 6.92 Å². The summed E-state index contributed by atoms with van der Waals surface area (Å²) in [6, 6.07) is 8.40. The topological polar surface area (TPSA) is 87.6 Å². The second kappa shape index (κ2) is 5.82. The third-order valence-corrected chi connectivity index (χ3v) is 6.85. The van der Waals surface area contributed by atoms with E-state index in [0.29, 0.717) is 22.3 Å². The molecule has 2 aliphatic rings. The first-order chi connectivity index (χ1) is 14.8. The van der Waals surface area contributed by atoms with Crippen LogP contribution >= 0.6 is 11.6 Å². The number of halogens is 1. The highest BCUT2D eigenvalue weighted by Crippen LogP contribution is 2.56. The average Bonchev–Trinajstić information content (AvgIpc) is 3.33. The fourth-order valence-electron chi connectivity index (χ4n) is 5.19. The average molecular weight is 436 g/mol. The van der Waals surface area contributed by atoms with Gasteiger partial charge in [-0.3, -0.25) is 14.5 Å². The number of aryl methyl sites for hydroxylation is 1. The Hall–Kier alpha value is -3.45. The van der Waals surface area contributed by atoms with E-state index in [-0.39, 0.29) is 22.6 Å². The van der Waals surface area contributed by atoms with E-state index in [1.54, 1.807) is 13.2 Å². The molecule has 0 bridgehead atoms. The van der Waals surface area contributed by atoms with Crippen LogP contribution in [-0.4, -0.2) is 45.5 Å². The quantitative estimate of drug-likeness (QED) is 0.440. The Bertz CT molecular complexity index is 1480. The molecule has 2 aromatic heterocycles. The predicted octanol–water partition coefficient (Wildman–Crippen LogP) is 4.10. The lowest BCUT2D eigenvalue weighted by molar-refractivity contribution is -0.137. The highest BCUT2D eigenvalue weighted by atomic mass is 35.5. The Morgan fingerprint density at radius 2 is 1.90 bits per heavy atom. The molecule has 31 heavy (non-hydrogen) atoms. The molecule has 2 N–H and O–H groups in total. The molecule has 0 spiro atoms. The summed E-state index contributed by atoms with van der Waals surface area (Å²) in [5.74, 6) is -0.753. The van der Waals surface area contributed by atoms with Gasteiger partial charge in [0.15, 0.2) is 5.75 Å². The number of methoxy groups -OCH3 is 1. The molecular formula is C23H18ClN3O4. The zero-order chi connectivity index (χ0) is 21.8. The Kier molecular flexibility index (Phi) is 3.44. The van der Waals surface area contributed by atoms with Gasteiger partial charge in [-0.1, -0.05) is 23.2 Å². The second-order valence-electron chi connectivity index (χ2n) is 8.19. The summed E-state index contributed by atoms with van der Waals surface area (Å²) in [6.07, 6.45) is 0. The number of carbonyl (C=O) groups excluding carboxylic acids is 2. The predicted molar refractivity (Wildman–Crippen MR) is 117 cm³/mol. The maximum absolute atomic E-state index is 13.3. The van der Waals surface area contributed by atoms with E-state index >= 15 is 0 Å². The van der Waals surface area contributed by atoms with Crippen molar-refractivity contribution in [1.82, 2.24) is 14.5 Å². The molecule has 2 amide bonds. The monoisotopic (exact) mass is 435 g/mol. The molecule has 4 heterocycles. The molecule has 0 saturated carbocycles. The number of aromatic nitrogens is 2. The molecule has 2 atom stereocenters. The number of nitrogens with one attached hydrogen (secondary N) is 1. The number of aromatic amines is 1. The minimum Gasteiger partial charge on any atom is -0.506 e. The molecule has 7 nitrogen and oxygen atoms in total. The molecular weight excluding hydrogens is 418 g/mol. The van der Waals surface area contributed by atoms with Crippen molar-refractivity contribution in [2.24, 2.45) is 0 Å². The van der Waals surface area contributed by atoms with Crippen molar-refractivity contribution in [3.8, 4) is 22.9 Å². The van der Waals surface area contributed by atoms with Gasteiger partial charge < -0.3 is 19.4 Å². The number of likely N-dealkylation sites (tertiary alicyclic amines) is 1. The fourth-order valence-corrected chi connectivity index (χ4v) is 5.35. The fraction of sp³-hybridized carbons (Fsp3) is 0.217. The molecule has 0 aliphatic carbocycles. The zero-order valence-electron chi connectivity index (χ0n) is 17.0. The minimum absolute atomic E-state index is 0.0783. The van der Waals surface area contributed by atoms with Crippen LogP contribution in [0.4, 0.5) is 0 Å². The zero-order valence-corrected chi connectivity index (χ0v) is 17.7. The van der Waals surface area contributed by atoms with Gasteiger partial charge >= 0.3 is 0 Å². The third kappa shape index (κ3) is 2.09. The summed E-state index contributed by atoms with van der Waals surface area (Å²) in [6.45, 7) is 2.00. The Labute approximate surface area is 181 Å². The molecule has 156 valence electrons. The van der Waals surface area contributed by atoms with E-state index in [1.165, 1.54) is 18.0 Å². The number of likely N-dealkylation sites (N-methyl/N-ethyl adjacent to an activating group) is 1. The summed E-state index contributed by atoms with van der Waals surface area (Å²) in [7, 11) is 3.07. The number of phenolic OH excluding ortho intramolecular Hbond substituents is 1. The summed E-state index contributed by atoms with van der Waals surface area (Å²) in [5.41, 5.74) is 4.77.